The summed E-state index contributed by atoms with van der Waals surface area (Å²) in [6.07, 6.45) is 0.0529. The number of fused-ring (bicyclic) bond motifs is 1. The van der Waals surface area contributed by atoms with Crippen molar-refractivity contribution in [3.8, 4) is 0 Å². The van der Waals surface area contributed by atoms with Gasteiger partial charge in [-0.3, -0.25) is 9.59 Å². The summed E-state index contributed by atoms with van der Waals surface area (Å²) in [4.78, 5) is 22.1. The number of aliphatic carboxylic acids is 1. The largest absolute Gasteiger partial charge is 0.480 e. The molecule has 0 saturated carbocycles. The van der Waals surface area contributed by atoms with E-state index in [-0.39, 0.29) is 22.2 Å². The van der Waals surface area contributed by atoms with Crippen LogP contribution in [0.15, 0.2) is 17.0 Å². The first-order valence-corrected chi connectivity index (χ1v) is 7.79. The highest BCUT2D eigenvalue weighted by atomic mass is 35.5. The summed E-state index contributed by atoms with van der Waals surface area (Å²) in [6.45, 7) is 2.44. The van der Waals surface area contributed by atoms with Crippen LogP contribution in [0.25, 0.3) is 0 Å². The Morgan fingerprint density at radius 3 is 2.62 bits per heavy atom. The summed E-state index contributed by atoms with van der Waals surface area (Å²) in [5, 5.41) is 11.5. The summed E-state index contributed by atoms with van der Waals surface area (Å²) in [6, 6.07) is 2.61. The Balaban J connectivity index is 2.45. The number of carboxylic acid groups (broad SMARTS) is 1. The van der Waals surface area contributed by atoms with Crippen molar-refractivity contribution < 1.29 is 23.1 Å². The topological polar surface area (TPSA) is 113 Å². The molecule has 0 atom stereocenters. The zero-order valence-corrected chi connectivity index (χ0v) is 12.8. The number of carboxylic acids is 1. The normalized spacial score (nSPS) is 14.7. The Kier molecular flexibility index (Phi) is 3.73. The molecule has 0 fully saturated rings. The first-order chi connectivity index (χ1) is 9.53. The highest BCUT2D eigenvalue weighted by molar-refractivity contribution is 7.89. The minimum Gasteiger partial charge on any atom is -0.480 e. The molecule has 0 aliphatic carbocycles. The lowest BCUT2D eigenvalue weighted by Gasteiger charge is -2.21. The smallest absolute Gasteiger partial charge is 0.324 e. The lowest BCUT2D eigenvalue weighted by molar-refractivity contribution is -0.142. The molecule has 1 aliphatic heterocycles. The number of carbonyl (C=O) groups is 2. The van der Waals surface area contributed by atoms with Gasteiger partial charge in [0.1, 0.15) is 10.4 Å². The molecule has 1 amide bonds. The second-order valence-corrected chi connectivity index (χ2v) is 7.26. The quantitative estimate of drug-likeness (QED) is 0.760. The van der Waals surface area contributed by atoms with Crippen molar-refractivity contribution in [2.24, 2.45) is 0 Å². The molecule has 7 nitrogen and oxygen atoms in total. The summed E-state index contributed by atoms with van der Waals surface area (Å²) < 4.78 is 26.7. The van der Waals surface area contributed by atoms with Gasteiger partial charge in [0, 0.05) is 5.69 Å². The van der Waals surface area contributed by atoms with Crippen LogP contribution in [-0.4, -0.2) is 30.9 Å². The van der Waals surface area contributed by atoms with E-state index in [4.69, 9.17) is 16.7 Å². The van der Waals surface area contributed by atoms with Crippen LogP contribution in [0, 0.1) is 0 Å². The Labute approximate surface area is 126 Å². The van der Waals surface area contributed by atoms with Gasteiger partial charge >= 0.3 is 5.97 Å². The van der Waals surface area contributed by atoms with Crippen molar-refractivity contribution >= 4 is 39.2 Å². The van der Waals surface area contributed by atoms with E-state index in [0.29, 0.717) is 11.3 Å². The van der Waals surface area contributed by atoms with E-state index in [2.05, 4.69) is 10.0 Å². The average Bonchev–Trinajstić information content (AvgIpc) is 2.65. The van der Waals surface area contributed by atoms with E-state index in [1.807, 2.05) is 0 Å². The molecule has 1 aliphatic rings. The molecule has 0 bridgehead atoms. The molecule has 0 saturated heterocycles. The number of anilines is 1. The molecule has 0 spiro atoms. The first kappa shape index (κ1) is 15.7. The van der Waals surface area contributed by atoms with E-state index in [1.165, 1.54) is 26.0 Å². The molecule has 9 heteroatoms. The minimum absolute atomic E-state index is 0.0529. The van der Waals surface area contributed by atoms with Crippen molar-refractivity contribution in [3.05, 3.63) is 22.7 Å². The van der Waals surface area contributed by atoms with E-state index in [0.717, 1.165) is 0 Å². The van der Waals surface area contributed by atoms with Crippen LogP contribution in [0.3, 0.4) is 0 Å². The van der Waals surface area contributed by atoms with E-state index < -0.39 is 21.5 Å². The number of benzene rings is 1. The summed E-state index contributed by atoms with van der Waals surface area (Å²) in [7, 11) is -4.13. The molecule has 2 rings (SSSR count). The van der Waals surface area contributed by atoms with Crippen LogP contribution < -0.4 is 10.0 Å². The van der Waals surface area contributed by atoms with E-state index >= 15 is 0 Å². The Hall–Kier alpha value is -1.64. The molecule has 0 aromatic heterocycles. The number of hydrogen-bond donors (Lipinski definition) is 3. The fourth-order valence-corrected chi connectivity index (χ4v) is 3.82. The van der Waals surface area contributed by atoms with Gasteiger partial charge in [-0.05, 0) is 31.5 Å². The van der Waals surface area contributed by atoms with Crippen LogP contribution in [0.4, 0.5) is 5.69 Å². The van der Waals surface area contributed by atoms with Gasteiger partial charge in [-0.2, -0.15) is 4.72 Å². The molecule has 0 unspecified atom stereocenters. The van der Waals surface area contributed by atoms with E-state index in [1.54, 1.807) is 0 Å². The molecule has 114 valence electrons. The van der Waals surface area contributed by atoms with Crippen molar-refractivity contribution in [2.45, 2.75) is 30.7 Å². The predicted molar refractivity (Wildman–Crippen MR) is 75.8 cm³/mol. The zero-order valence-electron chi connectivity index (χ0n) is 11.2. The lowest BCUT2D eigenvalue weighted by Crippen LogP contribution is -2.49. The molecule has 1 heterocycles. The lowest BCUT2D eigenvalue weighted by atomic mass is 10.1. The Bertz CT molecular complexity index is 742. The number of amides is 1. The maximum absolute atomic E-state index is 12.3. The number of carbonyl (C=O) groups excluding carboxylic acids is 1. The zero-order chi connectivity index (χ0) is 16.0. The number of nitrogens with one attached hydrogen (secondary N) is 2. The third-order valence-electron chi connectivity index (χ3n) is 3.00. The van der Waals surface area contributed by atoms with Gasteiger partial charge in [-0.15, -0.1) is 0 Å². The van der Waals surface area contributed by atoms with Crippen LogP contribution in [-0.2, 0) is 26.0 Å². The summed E-state index contributed by atoms with van der Waals surface area (Å²) in [5.41, 5.74) is -0.728. The van der Waals surface area contributed by atoms with Crippen molar-refractivity contribution in [2.75, 3.05) is 5.32 Å². The number of sulfonamides is 1. The standard InChI is InChI=1S/C12H13ClN2O5S/c1-12(2,11(17)18)15-21(19,20)9-3-6-4-10(16)14-8(6)5-7(9)13/h3,5,15H,4H2,1-2H3,(H,14,16)(H,17,18). The Morgan fingerprint density at radius 1 is 1.43 bits per heavy atom. The first-order valence-electron chi connectivity index (χ1n) is 5.92. The van der Waals surface area contributed by atoms with Crippen LogP contribution in [0.2, 0.25) is 5.02 Å². The molecule has 21 heavy (non-hydrogen) atoms. The summed E-state index contributed by atoms with van der Waals surface area (Å²) >= 11 is 5.93. The maximum atomic E-state index is 12.3. The van der Waals surface area contributed by atoms with Gasteiger partial charge in [0.05, 0.1) is 11.4 Å². The highest BCUT2D eigenvalue weighted by Crippen LogP contribution is 2.32. The second-order valence-electron chi connectivity index (χ2n) is 5.20. The van der Waals surface area contributed by atoms with Crippen molar-refractivity contribution in [1.29, 1.82) is 0 Å². The number of hydrogen-bond acceptors (Lipinski definition) is 4. The van der Waals surface area contributed by atoms with Gasteiger partial charge in [-0.1, -0.05) is 11.6 Å². The summed E-state index contributed by atoms with van der Waals surface area (Å²) in [5.74, 6) is -1.57. The van der Waals surface area contributed by atoms with Crippen LogP contribution >= 0.6 is 11.6 Å². The van der Waals surface area contributed by atoms with Gasteiger partial charge in [0.2, 0.25) is 15.9 Å². The van der Waals surface area contributed by atoms with Crippen molar-refractivity contribution in [1.82, 2.24) is 4.72 Å². The molecular formula is C12H13ClN2O5S. The monoisotopic (exact) mass is 332 g/mol. The van der Waals surface area contributed by atoms with Crippen LogP contribution in [0.1, 0.15) is 19.4 Å². The fourth-order valence-electron chi connectivity index (χ4n) is 1.87. The van der Waals surface area contributed by atoms with Crippen LogP contribution in [0.5, 0.6) is 0 Å². The highest BCUT2D eigenvalue weighted by Gasteiger charge is 2.34. The Morgan fingerprint density at radius 2 is 2.05 bits per heavy atom. The van der Waals surface area contributed by atoms with Gasteiger partial charge in [0.15, 0.2) is 0 Å². The van der Waals surface area contributed by atoms with Gasteiger partial charge < -0.3 is 10.4 Å². The SMILES string of the molecule is CC(C)(NS(=O)(=O)c1cc2c(cc1Cl)NC(=O)C2)C(=O)O. The third kappa shape index (κ3) is 3.02. The molecule has 3 N–H and O–H groups in total. The number of halogens is 1. The predicted octanol–water partition coefficient (Wildman–Crippen LogP) is 0.976. The fraction of sp³-hybridized carbons (Fsp3) is 0.333. The third-order valence-corrected chi connectivity index (χ3v) is 5.12. The maximum Gasteiger partial charge on any atom is 0.324 e. The molecule has 1 aromatic carbocycles. The minimum atomic E-state index is -4.13. The van der Waals surface area contributed by atoms with E-state index in [9.17, 15) is 18.0 Å². The molecule has 0 radical (unpaired) electrons. The molecular weight excluding hydrogens is 320 g/mol. The van der Waals surface area contributed by atoms with Gasteiger partial charge in [-0.25, -0.2) is 8.42 Å². The molecule has 1 aromatic rings. The van der Waals surface area contributed by atoms with Gasteiger partial charge in [0.25, 0.3) is 0 Å². The van der Waals surface area contributed by atoms with Crippen molar-refractivity contribution in [3.63, 3.8) is 0 Å². The number of rotatable bonds is 4. The average molecular weight is 333 g/mol. The second kappa shape index (κ2) is 4.97.